The van der Waals surface area contributed by atoms with Crippen molar-refractivity contribution in [3.8, 4) is 0 Å². The SMILES string of the molecule is C/C1=C/[C@@H](C)C/C=C/[C@H]2[C@@H]3O[C@]3(C)[C@@H](C)[C@H]3[C@H](Cc4c[nH]c5ccccc45)NC(=O)[C@]32C(=O)/C=C/C(=O)[C@@H]1O. The number of fused-ring (bicyclic) bond motifs is 3. The maximum Gasteiger partial charge on any atom is 0.235 e. The summed E-state index contributed by atoms with van der Waals surface area (Å²) >= 11 is 0. The topological polar surface area (TPSA) is 112 Å². The van der Waals surface area contributed by atoms with Gasteiger partial charge < -0.3 is 20.1 Å². The van der Waals surface area contributed by atoms with Gasteiger partial charge in [-0.3, -0.25) is 14.4 Å². The van der Waals surface area contributed by atoms with Gasteiger partial charge in [-0.2, -0.15) is 0 Å². The second-order valence-corrected chi connectivity index (χ2v) is 12.1. The fourth-order valence-corrected chi connectivity index (χ4v) is 7.66. The Hall–Kier alpha value is -3.29. The number of ketones is 2. The first-order valence-corrected chi connectivity index (χ1v) is 13.9. The molecule has 2 aliphatic carbocycles. The number of ether oxygens (including phenoxy) is 1. The summed E-state index contributed by atoms with van der Waals surface area (Å²) in [5.74, 6) is -2.11. The number of nitrogens with one attached hydrogen (secondary N) is 2. The second-order valence-electron chi connectivity index (χ2n) is 12.1. The highest BCUT2D eigenvalue weighted by molar-refractivity contribution is 6.15. The number of aromatic amines is 1. The summed E-state index contributed by atoms with van der Waals surface area (Å²) in [5, 5.41) is 14.9. The molecule has 0 unspecified atom stereocenters. The van der Waals surface area contributed by atoms with Crippen LogP contribution in [-0.4, -0.2) is 51.4 Å². The first kappa shape index (κ1) is 26.0. The number of carbonyl (C=O) groups excluding carboxylic acids is 3. The van der Waals surface area contributed by atoms with Gasteiger partial charge in [0.25, 0.3) is 0 Å². The second kappa shape index (κ2) is 9.14. The molecule has 7 heteroatoms. The van der Waals surface area contributed by atoms with E-state index < -0.39 is 34.6 Å². The Kier molecular flexibility index (Phi) is 6.08. The number of allylic oxidation sites excluding steroid dienone is 3. The Labute approximate surface area is 228 Å². The molecule has 39 heavy (non-hydrogen) atoms. The lowest BCUT2D eigenvalue weighted by Crippen LogP contribution is -2.58. The zero-order valence-corrected chi connectivity index (χ0v) is 22.8. The van der Waals surface area contributed by atoms with Crippen LogP contribution in [0.5, 0.6) is 0 Å². The summed E-state index contributed by atoms with van der Waals surface area (Å²) in [6.45, 7) is 7.90. The number of benzene rings is 1. The molecule has 2 saturated heterocycles. The third kappa shape index (κ3) is 3.81. The number of para-hydroxylation sites is 1. The normalized spacial score (nSPS) is 43.1. The van der Waals surface area contributed by atoms with Crippen LogP contribution in [0.15, 0.2) is 66.4 Å². The Morgan fingerprint density at radius 3 is 2.69 bits per heavy atom. The van der Waals surface area contributed by atoms with Gasteiger partial charge in [0.2, 0.25) is 5.91 Å². The average Bonchev–Trinajstić information content (AvgIpc) is 3.31. The van der Waals surface area contributed by atoms with E-state index in [0.717, 1.165) is 22.5 Å². The first-order chi connectivity index (χ1) is 18.6. The highest BCUT2D eigenvalue weighted by Crippen LogP contribution is 2.66. The van der Waals surface area contributed by atoms with Gasteiger partial charge in [-0.25, -0.2) is 0 Å². The molecule has 1 spiro atoms. The molecule has 0 radical (unpaired) electrons. The van der Waals surface area contributed by atoms with E-state index in [-0.39, 0.29) is 35.8 Å². The summed E-state index contributed by atoms with van der Waals surface area (Å²) in [7, 11) is 0. The predicted octanol–water partition coefficient (Wildman–Crippen LogP) is 3.83. The van der Waals surface area contributed by atoms with Crippen molar-refractivity contribution in [2.45, 2.75) is 64.4 Å². The number of carbonyl (C=O) groups is 3. The molecule has 1 saturated carbocycles. The van der Waals surface area contributed by atoms with E-state index in [4.69, 9.17) is 4.74 Å². The van der Waals surface area contributed by atoms with E-state index in [9.17, 15) is 19.5 Å². The van der Waals surface area contributed by atoms with Crippen LogP contribution < -0.4 is 5.32 Å². The largest absolute Gasteiger partial charge is 0.381 e. The Balaban J connectivity index is 1.46. The zero-order valence-electron chi connectivity index (χ0n) is 22.8. The lowest BCUT2D eigenvalue weighted by atomic mass is 9.51. The minimum Gasteiger partial charge on any atom is -0.381 e. The van der Waals surface area contributed by atoms with Crippen LogP contribution in [0.1, 0.15) is 39.7 Å². The molecule has 3 N–H and O–H groups in total. The summed E-state index contributed by atoms with van der Waals surface area (Å²) < 4.78 is 6.33. The van der Waals surface area contributed by atoms with Crippen LogP contribution >= 0.6 is 0 Å². The molecule has 0 bridgehead atoms. The van der Waals surface area contributed by atoms with Crippen LogP contribution in [0.25, 0.3) is 10.9 Å². The fraction of sp³-hybridized carbons (Fsp3) is 0.469. The maximum absolute atomic E-state index is 14.2. The number of epoxide rings is 1. The van der Waals surface area contributed by atoms with Crippen molar-refractivity contribution in [3.63, 3.8) is 0 Å². The molecule has 1 aromatic heterocycles. The molecule has 3 heterocycles. The van der Waals surface area contributed by atoms with Crippen LogP contribution in [-0.2, 0) is 25.5 Å². The predicted molar refractivity (Wildman–Crippen MR) is 148 cm³/mol. The molecule has 3 fully saturated rings. The standard InChI is InChI=1S/C32H36N2O5/c1-17-8-7-10-22-29-31(4,39-29)19(3)27-24(15-20-16-33-23-11-6-5-9-21(20)23)34-30(38)32(22,27)26(36)13-12-25(35)28(37)18(2)14-17/h5-7,9-14,16-17,19,22,24,27-29,33,37H,8,15H2,1-4H3,(H,34,38)/b10-7+,13-12+,18-14-/t17-,19-,22-,24-,27-,28+,29-,31+,32+/m0/s1. The third-order valence-electron chi connectivity index (χ3n) is 9.86. The molecule has 204 valence electrons. The average molecular weight is 529 g/mol. The Morgan fingerprint density at radius 1 is 1.13 bits per heavy atom. The number of aromatic nitrogens is 1. The van der Waals surface area contributed by atoms with Crippen LogP contribution in [0.2, 0.25) is 0 Å². The van der Waals surface area contributed by atoms with Crippen LogP contribution in [0, 0.1) is 29.1 Å². The van der Waals surface area contributed by atoms with E-state index in [1.165, 1.54) is 6.08 Å². The van der Waals surface area contributed by atoms with E-state index in [1.807, 2.05) is 49.5 Å². The highest BCUT2D eigenvalue weighted by Gasteiger charge is 2.78. The Bertz CT molecular complexity index is 1450. The van der Waals surface area contributed by atoms with Gasteiger partial charge in [0.1, 0.15) is 11.5 Å². The lowest BCUT2D eigenvalue weighted by molar-refractivity contribution is -0.145. The molecular formula is C32H36N2O5. The van der Waals surface area contributed by atoms with Crippen molar-refractivity contribution in [3.05, 3.63) is 72.0 Å². The molecule has 9 atom stereocenters. The summed E-state index contributed by atoms with van der Waals surface area (Å²) in [5.41, 5.74) is 0.805. The smallest absolute Gasteiger partial charge is 0.235 e. The molecule has 7 nitrogen and oxygen atoms in total. The van der Waals surface area contributed by atoms with Gasteiger partial charge in [0, 0.05) is 35.0 Å². The van der Waals surface area contributed by atoms with Crippen molar-refractivity contribution in [1.82, 2.24) is 10.3 Å². The van der Waals surface area contributed by atoms with Gasteiger partial charge in [0.15, 0.2) is 11.6 Å². The van der Waals surface area contributed by atoms with Gasteiger partial charge in [0.05, 0.1) is 11.7 Å². The van der Waals surface area contributed by atoms with Crippen molar-refractivity contribution in [2.75, 3.05) is 0 Å². The number of amides is 1. The van der Waals surface area contributed by atoms with E-state index in [0.29, 0.717) is 18.4 Å². The number of H-pyrrole nitrogens is 1. The fourth-order valence-electron chi connectivity index (χ4n) is 7.66. The van der Waals surface area contributed by atoms with Crippen LogP contribution in [0.3, 0.4) is 0 Å². The van der Waals surface area contributed by atoms with Crippen molar-refractivity contribution < 1.29 is 24.2 Å². The molecule has 6 rings (SSSR count). The van der Waals surface area contributed by atoms with Crippen molar-refractivity contribution in [1.29, 1.82) is 0 Å². The third-order valence-corrected chi connectivity index (χ3v) is 9.86. The monoisotopic (exact) mass is 528 g/mol. The highest BCUT2D eigenvalue weighted by atomic mass is 16.6. The lowest BCUT2D eigenvalue weighted by Gasteiger charge is -2.45. The van der Waals surface area contributed by atoms with Crippen molar-refractivity contribution in [2.24, 2.45) is 29.1 Å². The Morgan fingerprint density at radius 2 is 1.90 bits per heavy atom. The molecule has 2 aromatic rings. The number of aliphatic hydroxyl groups excluding tert-OH is 1. The van der Waals surface area contributed by atoms with E-state index in [1.54, 1.807) is 6.92 Å². The number of aliphatic hydroxyl groups is 1. The van der Waals surface area contributed by atoms with Crippen molar-refractivity contribution >= 4 is 28.4 Å². The van der Waals surface area contributed by atoms with Gasteiger partial charge >= 0.3 is 0 Å². The molecule has 2 aliphatic heterocycles. The number of rotatable bonds is 2. The molecular weight excluding hydrogens is 492 g/mol. The van der Waals surface area contributed by atoms with E-state index in [2.05, 4.69) is 30.2 Å². The minimum absolute atomic E-state index is 0.0666. The quantitative estimate of drug-likeness (QED) is 0.312. The number of hydrogen-bond donors (Lipinski definition) is 3. The maximum atomic E-state index is 14.2. The van der Waals surface area contributed by atoms with Gasteiger partial charge in [-0.1, -0.05) is 50.3 Å². The van der Waals surface area contributed by atoms with E-state index >= 15 is 0 Å². The van der Waals surface area contributed by atoms with Gasteiger partial charge in [-0.05, 0) is 67.9 Å². The summed E-state index contributed by atoms with van der Waals surface area (Å²) in [6, 6.07) is 7.77. The summed E-state index contributed by atoms with van der Waals surface area (Å²) in [4.78, 5) is 44.5. The first-order valence-electron chi connectivity index (χ1n) is 13.9. The molecule has 1 amide bonds. The number of hydrogen-bond acceptors (Lipinski definition) is 5. The molecule has 1 aromatic carbocycles. The molecule has 4 aliphatic rings. The minimum atomic E-state index is -1.41. The van der Waals surface area contributed by atoms with Crippen LogP contribution in [0.4, 0.5) is 0 Å². The zero-order chi connectivity index (χ0) is 27.7. The summed E-state index contributed by atoms with van der Waals surface area (Å²) in [6.07, 6.45) is 9.89. The van der Waals surface area contributed by atoms with Gasteiger partial charge in [-0.15, -0.1) is 0 Å².